The molecule has 0 radical (unpaired) electrons. The maximum Gasteiger partial charge on any atom is 0.278 e. The topological polar surface area (TPSA) is 47.4 Å². The molecule has 1 atom stereocenters. The van der Waals surface area contributed by atoms with Crippen molar-refractivity contribution in [2.75, 3.05) is 5.33 Å². The first kappa shape index (κ1) is 20.6. The normalized spacial score (nSPS) is 21.2. The molecule has 1 aromatic heterocycles. The van der Waals surface area contributed by atoms with Gasteiger partial charge in [0.1, 0.15) is 0 Å². The lowest BCUT2D eigenvalue weighted by molar-refractivity contribution is -0.296. The molecule has 0 saturated carbocycles. The molecule has 0 aliphatic carbocycles. The summed E-state index contributed by atoms with van der Waals surface area (Å²) in [6.45, 7) is 12.6. The van der Waals surface area contributed by atoms with Crippen molar-refractivity contribution in [1.29, 1.82) is 0 Å². The quantitative estimate of drug-likeness (QED) is 0.636. The van der Waals surface area contributed by atoms with Crippen LogP contribution in [0.15, 0.2) is 6.07 Å². The highest BCUT2D eigenvalue weighted by Gasteiger charge is 2.44. The van der Waals surface area contributed by atoms with E-state index in [1.165, 1.54) is 11.1 Å². The first-order chi connectivity index (χ1) is 11.6. The molecular formula is C19H32BrN3O2. The first-order valence-corrected chi connectivity index (χ1v) is 10.3. The summed E-state index contributed by atoms with van der Waals surface area (Å²) in [5.41, 5.74) is 1.52. The van der Waals surface area contributed by atoms with Crippen LogP contribution in [0.4, 0.5) is 0 Å². The van der Waals surface area contributed by atoms with E-state index in [1.807, 2.05) is 19.9 Å². The lowest BCUT2D eigenvalue weighted by Crippen LogP contribution is -2.60. The van der Waals surface area contributed by atoms with Crippen molar-refractivity contribution in [3.63, 3.8) is 0 Å². The Balaban J connectivity index is 2.27. The third-order valence-corrected chi connectivity index (χ3v) is 5.56. The molecule has 0 spiro atoms. The van der Waals surface area contributed by atoms with Crippen molar-refractivity contribution in [2.45, 2.75) is 90.8 Å². The number of hydrogen-bond acceptors (Lipinski definition) is 4. The van der Waals surface area contributed by atoms with Gasteiger partial charge in [-0.15, -0.1) is 0 Å². The Morgan fingerprint density at radius 3 is 2.36 bits per heavy atom. The van der Waals surface area contributed by atoms with Crippen molar-refractivity contribution >= 4 is 21.8 Å². The Hall–Kier alpha value is -0.720. The highest BCUT2D eigenvalue weighted by molar-refractivity contribution is 9.09. The molecule has 6 heteroatoms. The second-order valence-corrected chi connectivity index (χ2v) is 9.17. The summed E-state index contributed by atoms with van der Waals surface area (Å²) in [5.74, 6) is -0.0799. The van der Waals surface area contributed by atoms with Crippen molar-refractivity contribution in [3.05, 3.63) is 17.5 Å². The predicted molar refractivity (Wildman–Crippen MR) is 104 cm³/mol. The molecule has 0 bridgehead atoms. The maximum atomic E-state index is 13.1. The van der Waals surface area contributed by atoms with Crippen LogP contribution in [0.2, 0.25) is 0 Å². The number of alkyl halides is 1. The summed E-state index contributed by atoms with van der Waals surface area (Å²) in [5, 5.41) is 7.29. The Kier molecular flexibility index (Phi) is 6.50. The van der Waals surface area contributed by atoms with Gasteiger partial charge in [0, 0.05) is 22.1 Å². The Bertz CT molecular complexity index is 594. The zero-order valence-electron chi connectivity index (χ0n) is 16.4. The van der Waals surface area contributed by atoms with Gasteiger partial charge in [0.05, 0.1) is 5.69 Å². The molecular weight excluding hydrogens is 382 g/mol. The van der Waals surface area contributed by atoms with Crippen LogP contribution in [0, 0.1) is 13.8 Å². The molecule has 1 aliphatic rings. The standard InChI is InChI=1S/C19H32BrN3O2/c1-14-13-15(2)22(21-14)17(24)16(9-7-12-20)25-23-18(3,4)10-8-11-19(23,5)6/h13,16H,7-12H2,1-6H3. The average molecular weight is 414 g/mol. The van der Waals surface area contributed by atoms with E-state index in [0.717, 1.165) is 36.0 Å². The third kappa shape index (κ3) is 4.72. The van der Waals surface area contributed by atoms with E-state index in [0.29, 0.717) is 6.42 Å². The highest BCUT2D eigenvalue weighted by atomic mass is 79.9. The van der Waals surface area contributed by atoms with Gasteiger partial charge >= 0.3 is 0 Å². The number of nitrogens with zero attached hydrogens (tertiary/aromatic N) is 3. The average Bonchev–Trinajstić information content (AvgIpc) is 2.83. The van der Waals surface area contributed by atoms with E-state index < -0.39 is 6.10 Å². The van der Waals surface area contributed by atoms with Crippen LogP contribution < -0.4 is 0 Å². The molecule has 25 heavy (non-hydrogen) atoms. The number of hydrogen-bond donors (Lipinski definition) is 0. The minimum absolute atomic E-state index is 0.0799. The molecule has 0 amide bonds. The van der Waals surface area contributed by atoms with Crippen molar-refractivity contribution in [2.24, 2.45) is 0 Å². The summed E-state index contributed by atoms with van der Waals surface area (Å²) in [6, 6.07) is 1.92. The van der Waals surface area contributed by atoms with Crippen LogP contribution in [-0.4, -0.2) is 43.3 Å². The van der Waals surface area contributed by atoms with E-state index in [9.17, 15) is 4.79 Å². The van der Waals surface area contributed by atoms with Crippen molar-refractivity contribution < 1.29 is 9.63 Å². The smallest absolute Gasteiger partial charge is 0.278 e. The van der Waals surface area contributed by atoms with Gasteiger partial charge in [-0.2, -0.15) is 10.2 Å². The van der Waals surface area contributed by atoms with Gasteiger partial charge in [0.15, 0.2) is 6.10 Å². The summed E-state index contributed by atoms with van der Waals surface area (Å²) in [7, 11) is 0. The largest absolute Gasteiger partial charge is 0.285 e. The maximum absolute atomic E-state index is 13.1. The van der Waals surface area contributed by atoms with Gasteiger partial charge in [-0.05, 0) is 79.7 Å². The second kappa shape index (κ2) is 7.89. The van der Waals surface area contributed by atoms with Gasteiger partial charge in [0.2, 0.25) is 0 Å². The Labute approximate surface area is 160 Å². The number of hydroxylamine groups is 2. The minimum atomic E-state index is -0.521. The van der Waals surface area contributed by atoms with Gasteiger partial charge in [0.25, 0.3) is 5.91 Å². The van der Waals surface area contributed by atoms with Gasteiger partial charge in [-0.3, -0.25) is 9.63 Å². The fourth-order valence-corrected chi connectivity index (χ4v) is 4.18. The second-order valence-electron chi connectivity index (χ2n) is 8.38. The van der Waals surface area contributed by atoms with E-state index in [2.05, 4.69) is 53.8 Å². The molecule has 1 fully saturated rings. The third-order valence-electron chi connectivity index (χ3n) is 5.00. The van der Waals surface area contributed by atoms with Crippen LogP contribution in [0.5, 0.6) is 0 Å². The van der Waals surface area contributed by atoms with Crippen LogP contribution in [0.25, 0.3) is 0 Å². The predicted octanol–water partition coefficient (Wildman–Crippen LogP) is 4.66. The van der Waals surface area contributed by atoms with E-state index >= 15 is 0 Å². The molecule has 1 unspecified atom stereocenters. The fraction of sp³-hybridized carbons (Fsp3) is 0.789. The zero-order chi connectivity index (χ0) is 18.8. The van der Waals surface area contributed by atoms with E-state index in [1.54, 1.807) is 0 Å². The Morgan fingerprint density at radius 2 is 1.88 bits per heavy atom. The summed E-state index contributed by atoms with van der Waals surface area (Å²) in [4.78, 5) is 19.5. The van der Waals surface area contributed by atoms with Crippen LogP contribution in [-0.2, 0) is 4.84 Å². The molecule has 1 aromatic rings. The SMILES string of the molecule is Cc1cc(C)n(C(=O)C(CCCBr)ON2C(C)(C)CCCC2(C)C)n1. The number of carbonyl (C=O) groups is 1. The Morgan fingerprint density at radius 1 is 1.28 bits per heavy atom. The first-order valence-electron chi connectivity index (χ1n) is 9.19. The highest BCUT2D eigenvalue weighted by Crippen LogP contribution is 2.39. The van der Waals surface area contributed by atoms with E-state index in [-0.39, 0.29) is 17.0 Å². The van der Waals surface area contributed by atoms with Crippen molar-refractivity contribution in [1.82, 2.24) is 14.8 Å². The molecule has 1 aliphatic heterocycles. The number of halogens is 1. The zero-order valence-corrected chi connectivity index (χ0v) is 18.0. The number of aromatic nitrogens is 2. The molecule has 2 rings (SSSR count). The van der Waals surface area contributed by atoms with Crippen LogP contribution in [0.3, 0.4) is 0 Å². The lowest BCUT2D eigenvalue weighted by atomic mass is 9.82. The summed E-state index contributed by atoms with van der Waals surface area (Å²) in [6.07, 6.45) is 4.34. The number of piperidine rings is 1. The van der Waals surface area contributed by atoms with Gasteiger partial charge in [-0.1, -0.05) is 15.9 Å². The molecule has 0 aromatic carbocycles. The monoisotopic (exact) mass is 413 g/mol. The molecule has 2 heterocycles. The van der Waals surface area contributed by atoms with Gasteiger partial charge < -0.3 is 0 Å². The molecule has 142 valence electrons. The molecule has 0 N–H and O–H groups in total. The van der Waals surface area contributed by atoms with Crippen LogP contribution in [0.1, 0.15) is 76.0 Å². The summed E-state index contributed by atoms with van der Waals surface area (Å²) < 4.78 is 1.50. The lowest BCUT2D eigenvalue weighted by Gasteiger charge is -2.52. The van der Waals surface area contributed by atoms with Gasteiger partial charge in [-0.25, -0.2) is 4.68 Å². The van der Waals surface area contributed by atoms with Crippen molar-refractivity contribution in [3.8, 4) is 0 Å². The number of aryl methyl sites for hydroxylation is 2. The molecule has 5 nitrogen and oxygen atoms in total. The summed E-state index contributed by atoms with van der Waals surface area (Å²) >= 11 is 3.47. The molecule has 1 saturated heterocycles. The van der Waals surface area contributed by atoms with E-state index in [4.69, 9.17) is 4.84 Å². The number of rotatable bonds is 6. The van der Waals surface area contributed by atoms with Crippen LogP contribution >= 0.6 is 15.9 Å². The minimum Gasteiger partial charge on any atom is -0.285 e. The number of carbonyl (C=O) groups excluding carboxylic acids is 1. The fourth-order valence-electron chi connectivity index (χ4n) is 3.86.